The predicted octanol–water partition coefficient (Wildman–Crippen LogP) is 2.04. The number of anilines is 3. The van der Waals surface area contributed by atoms with E-state index in [0.29, 0.717) is 11.4 Å². The molecule has 0 spiro atoms. The molecule has 1 saturated heterocycles. The number of carbonyl (C=O) groups is 2. The number of carbonyl (C=O) groups excluding carboxylic acids is 2. The summed E-state index contributed by atoms with van der Waals surface area (Å²) in [4.78, 5) is 28.4. The van der Waals surface area contributed by atoms with Crippen LogP contribution in [0.3, 0.4) is 0 Å². The number of likely N-dealkylation sites (N-methyl/N-ethyl adjacent to an activating group) is 1. The van der Waals surface area contributed by atoms with Crippen LogP contribution in [0.2, 0.25) is 0 Å². The standard InChI is InChI=1S/C22H28N4O4/c1-25(16-22(28)24-18-4-3-5-20(14-18)29-2)15-21(27)23-17-6-8-19(9-7-17)26-10-12-30-13-11-26/h3-9,14H,10-13,15-16H2,1-2H3,(H,23,27)(H,24,28). The lowest BCUT2D eigenvalue weighted by Crippen LogP contribution is -2.36. The van der Waals surface area contributed by atoms with Gasteiger partial charge in [-0.3, -0.25) is 14.5 Å². The van der Waals surface area contributed by atoms with Gasteiger partial charge in [0.25, 0.3) is 0 Å². The largest absolute Gasteiger partial charge is 0.497 e. The van der Waals surface area contributed by atoms with Gasteiger partial charge in [-0.05, 0) is 43.4 Å². The average Bonchev–Trinajstić information content (AvgIpc) is 2.74. The smallest absolute Gasteiger partial charge is 0.238 e. The summed E-state index contributed by atoms with van der Waals surface area (Å²) in [5.41, 5.74) is 2.49. The second-order valence-electron chi connectivity index (χ2n) is 7.15. The number of hydrogen-bond acceptors (Lipinski definition) is 6. The Kier molecular flexibility index (Phi) is 7.64. The van der Waals surface area contributed by atoms with Gasteiger partial charge in [-0.2, -0.15) is 0 Å². The molecule has 1 aliphatic rings. The van der Waals surface area contributed by atoms with Gasteiger partial charge >= 0.3 is 0 Å². The van der Waals surface area contributed by atoms with Crippen molar-refractivity contribution in [3.05, 3.63) is 48.5 Å². The van der Waals surface area contributed by atoms with Crippen molar-refractivity contribution in [1.29, 1.82) is 0 Å². The highest BCUT2D eigenvalue weighted by atomic mass is 16.5. The molecule has 3 rings (SSSR count). The molecule has 0 bridgehead atoms. The molecule has 160 valence electrons. The lowest BCUT2D eigenvalue weighted by molar-refractivity contribution is -0.119. The SMILES string of the molecule is COc1cccc(NC(=O)CN(C)CC(=O)Nc2ccc(N3CCOCC3)cc2)c1. The molecule has 1 fully saturated rings. The highest BCUT2D eigenvalue weighted by Crippen LogP contribution is 2.19. The first kappa shape index (κ1) is 21.6. The number of benzene rings is 2. The maximum Gasteiger partial charge on any atom is 0.238 e. The Morgan fingerprint density at radius 2 is 1.63 bits per heavy atom. The van der Waals surface area contributed by atoms with Gasteiger partial charge in [-0.25, -0.2) is 0 Å². The van der Waals surface area contributed by atoms with Gasteiger partial charge in [0, 0.05) is 36.2 Å². The molecule has 8 nitrogen and oxygen atoms in total. The van der Waals surface area contributed by atoms with Crippen molar-refractivity contribution in [3.8, 4) is 5.75 Å². The summed E-state index contributed by atoms with van der Waals surface area (Å²) in [5, 5.41) is 5.67. The maximum absolute atomic E-state index is 12.3. The molecule has 2 aromatic carbocycles. The molecule has 8 heteroatoms. The fourth-order valence-electron chi connectivity index (χ4n) is 3.23. The number of nitrogens with zero attached hydrogens (tertiary/aromatic N) is 2. The average molecular weight is 412 g/mol. The summed E-state index contributed by atoms with van der Waals surface area (Å²) in [5.74, 6) is 0.291. The lowest BCUT2D eigenvalue weighted by Gasteiger charge is -2.28. The topological polar surface area (TPSA) is 83.1 Å². The first-order valence-electron chi connectivity index (χ1n) is 9.88. The molecule has 0 saturated carbocycles. The van der Waals surface area contributed by atoms with E-state index >= 15 is 0 Å². The summed E-state index contributed by atoms with van der Waals surface area (Å²) in [7, 11) is 3.30. The van der Waals surface area contributed by atoms with Gasteiger partial charge in [0.05, 0.1) is 33.4 Å². The van der Waals surface area contributed by atoms with E-state index in [1.807, 2.05) is 24.3 Å². The summed E-state index contributed by atoms with van der Waals surface area (Å²) in [6, 6.07) is 14.9. The number of rotatable bonds is 8. The molecular weight excluding hydrogens is 384 g/mol. The third-order valence-electron chi connectivity index (χ3n) is 4.71. The van der Waals surface area contributed by atoms with Crippen molar-refractivity contribution in [2.45, 2.75) is 0 Å². The predicted molar refractivity (Wildman–Crippen MR) is 117 cm³/mol. The number of ether oxygens (including phenoxy) is 2. The van der Waals surface area contributed by atoms with Crippen LogP contribution in [0.4, 0.5) is 17.1 Å². The van der Waals surface area contributed by atoms with Crippen LogP contribution in [0.15, 0.2) is 48.5 Å². The summed E-state index contributed by atoms with van der Waals surface area (Å²) in [6.07, 6.45) is 0. The Bertz CT molecular complexity index is 850. The Balaban J connectivity index is 1.44. The molecule has 2 amide bonds. The van der Waals surface area contributed by atoms with Crippen LogP contribution in [0.25, 0.3) is 0 Å². The number of methoxy groups -OCH3 is 1. The van der Waals surface area contributed by atoms with Crippen LogP contribution >= 0.6 is 0 Å². The molecule has 2 aromatic rings. The number of morpholine rings is 1. The first-order chi connectivity index (χ1) is 14.5. The van der Waals surface area contributed by atoms with Gasteiger partial charge in [-0.1, -0.05) is 6.07 Å². The molecule has 0 unspecified atom stereocenters. The number of nitrogens with one attached hydrogen (secondary N) is 2. The molecule has 1 heterocycles. The van der Waals surface area contributed by atoms with Crippen LogP contribution in [0.5, 0.6) is 5.75 Å². The van der Waals surface area contributed by atoms with Gasteiger partial charge in [-0.15, -0.1) is 0 Å². The molecular formula is C22H28N4O4. The second kappa shape index (κ2) is 10.6. The van der Waals surface area contributed by atoms with Crippen LogP contribution < -0.4 is 20.3 Å². The Morgan fingerprint density at radius 3 is 2.27 bits per heavy atom. The van der Waals surface area contributed by atoms with Gasteiger partial charge < -0.3 is 25.0 Å². The van der Waals surface area contributed by atoms with E-state index in [1.54, 1.807) is 43.3 Å². The van der Waals surface area contributed by atoms with Gasteiger partial charge in [0.1, 0.15) is 5.75 Å². The Hall–Kier alpha value is -3.10. The second-order valence-corrected chi connectivity index (χ2v) is 7.15. The molecule has 1 aliphatic heterocycles. The highest BCUT2D eigenvalue weighted by Gasteiger charge is 2.13. The minimum absolute atomic E-state index is 0.0978. The first-order valence-corrected chi connectivity index (χ1v) is 9.88. The quantitative estimate of drug-likeness (QED) is 0.691. The van der Waals surface area contributed by atoms with Crippen molar-refractivity contribution < 1.29 is 19.1 Å². The number of amides is 2. The zero-order valence-corrected chi connectivity index (χ0v) is 17.4. The van der Waals surface area contributed by atoms with Crippen molar-refractivity contribution in [2.24, 2.45) is 0 Å². The van der Waals surface area contributed by atoms with E-state index in [4.69, 9.17) is 9.47 Å². The molecule has 0 radical (unpaired) electrons. The van der Waals surface area contributed by atoms with Crippen molar-refractivity contribution in [2.75, 3.05) is 69.1 Å². The van der Waals surface area contributed by atoms with Crippen molar-refractivity contribution >= 4 is 28.9 Å². The molecule has 2 N–H and O–H groups in total. The van der Waals surface area contributed by atoms with Crippen molar-refractivity contribution in [1.82, 2.24) is 4.90 Å². The number of hydrogen-bond donors (Lipinski definition) is 2. The summed E-state index contributed by atoms with van der Waals surface area (Å²) < 4.78 is 10.5. The minimum atomic E-state index is -0.201. The maximum atomic E-state index is 12.3. The fourth-order valence-corrected chi connectivity index (χ4v) is 3.23. The zero-order valence-electron chi connectivity index (χ0n) is 17.4. The van der Waals surface area contributed by atoms with E-state index in [-0.39, 0.29) is 24.9 Å². The van der Waals surface area contributed by atoms with E-state index in [0.717, 1.165) is 37.7 Å². The highest BCUT2D eigenvalue weighted by molar-refractivity contribution is 5.94. The monoisotopic (exact) mass is 412 g/mol. The lowest BCUT2D eigenvalue weighted by atomic mass is 10.2. The van der Waals surface area contributed by atoms with E-state index < -0.39 is 0 Å². The van der Waals surface area contributed by atoms with E-state index in [1.165, 1.54) is 0 Å². The normalized spacial score (nSPS) is 13.8. The van der Waals surface area contributed by atoms with Crippen molar-refractivity contribution in [3.63, 3.8) is 0 Å². The molecule has 0 atom stereocenters. The van der Waals surface area contributed by atoms with Gasteiger partial charge in [0.15, 0.2) is 0 Å². The zero-order chi connectivity index (χ0) is 21.3. The Labute approximate surface area is 176 Å². The Morgan fingerprint density at radius 1 is 1.00 bits per heavy atom. The van der Waals surface area contributed by atoms with Gasteiger partial charge in [0.2, 0.25) is 11.8 Å². The van der Waals surface area contributed by atoms with E-state index in [2.05, 4.69) is 15.5 Å². The molecule has 0 aliphatic carbocycles. The van der Waals surface area contributed by atoms with Crippen LogP contribution in [0, 0.1) is 0 Å². The van der Waals surface area contributed by atoms with Crippen LogP contribution in [-0.4, -0.2) is 70.3 Å². The third-order valence-corrected chi connectivity index (χ3v) is 4.71. The minimum Gasteiger partial charge on any atom is -0.497 e. The summed E-state index contributed by atoms with van der Waals surface area (Å²) in [6.45, 7) is 3.41. The van der Waals surface area contributed by atoms with Crippen LogP contribution in [-0.2, 0) is 14.3 Å². The third kappa shape index (κ3) is 6.47. The summed E-state index contributed by atoms with van der Waals surface area (Å²) >= 11 is 0. The molecule has 30 heavy (non-hydrogen) atoms. The van der Waals surface area contributed by atoms with E-state index in [9.17, 15) is 9.59 Å². The molecule has 0 aromatic heterocycles. The van der Waals surface area contributed by atoms with Crippen LogP contribution in [0.1, 0.15) is 0 Å². The fraction of sp³-hybridized carbons (Fsp3) is 0.364.